The molecule has 1 aromatic heterocycles. The van der Waals surface area contributed by atoms with Crippen molar-refractivity contribution in [2.75, 3.05) is 17.1 Å². The minimum Gasteiger partial charge on any atom is -0.495 e. The van der Waals surface area contributed by atoms with E-state index in [2.05, 4.69) is 10.0 Å². The predicted molar refractivity (Wildman–Crippen MR) is 127 cm³/mol. The third kappa shape index (κ3) is 5.22. The van der Waals surface area contributed by atoms with Crippen LogP contribution in [-0.4, -0.2) is 30.9 Å². The summed E-state index contributed by atoms with van der Waals surface area (Å²) in [6, 6.07) is 14.8. The molecule has 0 unspecified atom stereocenters. The maximum Gasteiger partial charge on any atom is 0.270 e. The van der Waals surface area contributed by atoms with Crippen LogP contribution in [0.15, 0.2) is 77.8 Å². The van der Waals surface area contributed by atoms with Crippen molar-refractivity contribution in [2.45, 2.75) is 11.4 Å². The molecular weight excluding hydrogens is 479 g/mol. The van der Waals surface area contributed by atoms with Crippen molar-refractivity contribution in [3.63, 3.8) is 0 Å². The SMILES string of the molecule is COc1ccc(NC(=O)Cn2ccc3cc([N+](=O)[O-])ccc32)cc1NS(=O)(=O)c1ccc(F)cc1. The third-order valence-corrected chi connectivity index (χ3v) is 6.51. The van der Waals surface area contributed by atoms with E-state index in [1.807, 2.05) is 0 Å². The van der Waals surface area contributed by atoms with Gasteiger partial charge in [-0.2, -0.15) is 0 Å². The average molecular weight is 498 g/mol. The van der Waals surface area contributed by atoms with Crippen molar-refractivity contribution in [3.05, 3.63) is 88.9 Å². The zero-order chi connectivity index (χ0) is 25.2. The molecule has 0 aliphatic carbocycles. The summed E-state index contributed by atoms with van der Waals surface area (Å²) in [5.74, 6) is -0.759. The molecule has 1 amide bonds. The summed E-state index contributed by atoms with van der Waals surface area (Å²) in [5, 5.41) is 14.3. The Balaban J connectivity index is 1.52. The Labute approximate surface area is 199 Å². The van der Waals surface area contributed by atoms with Crippen LogP contribution < -0.4 is 14.8 Å². The highest BCUT2D eigenvalue weighted by Crippen LogP contribution is 2.30. The normalized spacial score (nSPS) is 11.3. The molecule has 1 heterocycles. The van der Waals surface area contributed by atoms with Crippen molar-refractivity contribution >= 4 is 43.9 Å². The molecule has 0 bridgehead atoms. The number of nitro benzene ring substituents is 1. The Morgan fingerprint density at radius 1 is 1.09 bits per heavy atom. The van der Waals surface area contributed by atoms with Crippen LogP contribution in [0.4, 0.5) is 21.5 Å². The molecule has 3 aromatic carbocycles. The minimum absolute atomic E-state index is 0.0476. The summed E-state index contributed by atoms with van der Waals surface area (Å²) in [6.07, 6.45) is 1.64. The van der Waals surface area contributed by atoms with Crippen molar-refractivity contribution in [2.24, 2.45) is 0 Å². The van der Waals surface area contributed by atoms with Crippen molar-refractivity contribution in [1.82, 2.24) is 4.57 Å². The van der Waals surface area contributed by atoms with Gasteiger partial charge in [-0.25, -0.2) is 12.8 Å². The van der Waals surface area contributed by atoms with Crippen LogP contribution in [0.5, 0.6) is 5.75 Å². The summed E-state index contributed by atoms with van der Waals surface area (Å²) >= 11 is 0. The number of hydrogen-bond acceptors (Lipinski definition) is 6. The van der Waals surface area contributed by atoms with Gasteiger partial charge < -0.3 is 14.6 Å². The lowest BCUT2D eigenvalue weighted by atomic mass is 10.2. The van der Waals surface area contributed by atoms with Gasteiger partial charge in [0.15, 0.2) is 0 Å². The fourth-order valence-electron chi connectivity index (χ4n) is 3.48. The van der Waals surface area contributed by atoms with E-state index in [-0.39, 0.29) is 28.6 Å². The Kier molecular flexibility index (Phi) is 6.38. The van der Waals surface area contributed by atoms with Crippen LogP contribution in [0, 0.1) is 15.9 Å². The average Bonchev–Trinajstić information content (AvgIpc) is 3.21. The summed E-state index contributed by atoms with van der Waals surface area (Å²) in [7, 11) is -2.68. The summed E-state index contributed by atoms with van der Waals surface area (Å²) in [6.45, 7) is -0.0794. The second kappa shape index (κ2) is 9.43. The van der Waals surface area contributed by atoms with E-state index in [0.29, 0.717) is 16.6 Å². The number of carbonyl (C=O) groups is 1. The topological polar surface area (TPSA) is 133 Å². The molecule has 180 valence electrons. The molecule has 12 heteroatoms. The number of anilines is 2. The smallest absolute Gasteiger partial charge is 0.270 e. The van der Waals surface area contributed by atoms with E-state index in [0.717, 1.165) is 24.3 Å². The molecular formula is C23H19FN4O6S. The van der Waals surface area contributed by atoms with E-state index in [1.165, 1.54) is 31.4 Å². The minimum atomic E-state index is -4.04. The number of methoxy groups -OCH3 is 1. The fourth-order valence-corrected chi connectivity index (χ4v) is 4.54. The van der Waals surface area contributed by atoms with E-state index in [4.69, 9.17) is 4.74 Å². The molecule has 10 nitrogen and oxygen atoms in total. The Morgan fingerprint density at radius 2 is 1.83 bits per heavy atom. The first kappa shape index (κ1) is 23.7. The molecule has 35 heavy (non-hydrogen) atoms. The molecule has 0 atom stereocenters. The number of nitro groups is 1. The van der Waals surface area contributed by atoms with Gasteiger partial charge in [0.05, 0.1) is 22.6 Å². The highest BCUT2D eigenvalue weighted by atomic mass is 32.2. The zero-order valence-corrected chi connectivity index (χ0v) is 19.1. The highest BCUT2D eigenvalue weighted by Gasteiger charge is 2.18. The van der Waals surface area contributed by atoms with Crippen molar-refractivity contribution < 1.29 is 27.3 Å². The number of non-ortho nitro benzene ring substituents is 1. The fraction of sp³-hybridized carbons (Fsp3) is 0.0870. The summed E-state index contributed by atoms with van der Waals surface area (Å²) < 4.78 is 47.8. The van der Waals surface area contributed by atoms with Gasteiger partial charge in [0.2, 0.25) is 5.91 Å². The number of carbonyl (C=O) groups excluding carboxylic acids is 1. The van der Waals surface area contributed by atoms with Crippen LogP contribution >= 0.6 is 0 Å². The highest BCUT2D eigenvalue weighted by molar-refractivity contribution is 7.92. The molecule has 0 saturated carbocycles. The lowest BCUT2D eigenvalue weighted by Gasteiger charge is -2.14. The molecule has 4 rings (SSSR count). The third-order valence-electron chi connectivity index (χ3n) is 5.13. The van der Waals surface area contributed by atoms with Gasteiger partial charge in [-0.05, 0) is 54.6 Å². The molecule has 0 saturated heterocycles. The van der Waals surface area contributed by atoms with Gasteiger partial charge in [0.25, 0.3) is 15.7 Å². The molecule has 0 aliphatic rings. The number of ether oxygens (including phenoxy) is 1. The number of halogens is 1. The van der Waals surface area contributed by atoms with Crippen LogP contribution in [0.3, 0.4) is 0 Å². The van der Waals surface area contributed by atoms with E-state index < -0.39 is 26.7 Å². The van der Waals surface area contributed by atoms with Crippen LogP contribution in [0.2, 0.25) is 0 Å². The zero-order valence-electron chi connectivity index (χ0n) is 18.3. The van der Waals surface area contributed by atoms with Gasteiger partial charge in [-0.3, -0.25) is 19.6 Å². The number of hydrogen-bond donors (Lipinski definition) is 2. The molecule has 2 N–H and O–H groups in total. The second-order valence-electron chi connectivity index (χ2n) is 7.47. The number of nitrogens with zero attached hydrogens (tertiary/aromatic N) is 2. The lowest BCUT2D eigenvalue weighted by molar-refractivity contribution is -0.384. The Bertz CT molecular complexity index is 1530. The van der Waals surface area contributed by atoms with Gasteiger partial charge in [0.1, 0.15) is 18.1 Å². The first-order chi connectivity index (χ1) is 16.7. The molecule has 0 fully saturated rings. The second-order valence-corrected chi connectivity index (χ2v) is 9.15. The van der Waals surface area contributed by atoms with Crippen molar-refractivity contribution in [3.8, 4) is 5.75 Å². The van der Waals surface area contributed by atoms with Crippen LogP contribution in [0.25, 0.3) is 10.9 Å². The largest absolute Gasteiger partial charge is 0.495 e. The van der Waals surface area contributed by atoms with Gasteiger partial charge in [-0.15, -0.1) is 0 Å². The summed E-state index contributed by atoms with van der Waals surface area (Å²) in [4.78, 5) is 23.0. The van der Waals surface area contributed by atoms with E-state index >= 15 is 0 Å². The Morgan fingerprint density at radius 3 is 2.51 bits per heavy atom. The number of sulfonamides is 1. The molecule has 4 aromatic rings. The predicted octanol–water partition coefficient (Wildman–Crippen LogP) is 4.14. The maximum absolute atomic E-state index is 13.2. The molecule has 0 radical (unpaired) electrons. The number of amides is 1. The lowest BCUT2D eigenvalue weighted by Crippen LogP contribution is -2.19. The van der Waals surface area contributed by atoms with Crippen LogP contribution in [-0.2, 0) is 21.4 Å². The van der Waals surface area contributed by atoms with E-state index in [9.17, 15) is 27.7 Å². The van der Waals surface area contributed by atoms with Gasteiger partial charge in [0, 0.05) is 34.9 Å². The maximum atomic E-state index is 13.2. The van der Waals surface area contributed by atoms with Gasteiger partial charge in [-0.1, -0.05) is 0 Å². The number of benzene rings is 3. The number of nitrogens with one attached hydrogen (secondary N) is 2. The summed E-state index contributed by atoms with van der Waals surface area (Å²) in [5.41, 5.74) is 0.981. The first-order valence-electron chi connectivity index (χ1n) is 10.2. The quantitative estimate of drug-likeness (QED) is 0.277. The number of aromatic nitrogens is 1. The Hall–Kier alpha value is -4.45. The monoisotopic (exact) mass is 498 g/mol. The number of fused-ring (bicyclic) bond motifs is 1. The van der Waals surface area contributed by atoms with Crippen molar-refractivity contribution in [1.29, 1.82) is 0 Å². The standard InChI is InChI=1S/C23H19FN4O6S/c1-34-22-9-4-17(13-20(22)26-35(32,33)19-6-2-16(24)3-7-19)25-23(29)14-27-11-10-15-12-18(28(30)31)5-8-21(15)27/h2-13,26H,14H2,1H3,(H,25,29). The van der Waals surface area contributed by atoms with Crippen LogP contribution in [0.1, 0.15) is 0 Å². The number of rotatable bonds is 8. The van der Waals surface area contributed by atoms with Gasteiger partial charge >= 0.3 is 0 Å². The first-order valence-corrected chi connectivity index (χ1v) is 11.6. The van der Waals surface area contributed by atoms with E-state index in [1.54, 1.807) is 29.0 Å². The molecule has 0 spiro atoms. The molecule has 0 aliphatic heterocycles.